The number of carbonyl (C=O) groups is 1. The molecule has 0 unspecified atom stereocenters. The molecule has 2 aromatic rings. The zero-order chi connectivity index (χ0) is 19.4. The number of aryl methyl sites for hydroxylation is 1. The molecule has 1 N–H and O–H groups in total. The molecule has 1 heterocycles. The molecule has 0 spiro atoms. The molecule has 0 aliphatic carbocycles. The van der Waals surface area contributed by atoms with Crippen LogP contribution in [-0.2, 0) is 6.54 Å². The monoisotopic (exact) mass is 369 g/mol. The van der Waals surface area contributed by atoms with Crippen molar-refractivity contribution in [1.82, 2.24) is 10.2 Å². The Balaban J connectivity index is 1.57. The molecule has 1 fully saturated rings. The van der Waals surface area contributed by atoms with E-state index >= 15 is 0 Å². The summed E-state index contributed by atoms with van der Waals surface area (Å²) in [6, 6.07) is 12.6. The van der Waals surface area contributed by atoms with Crippen LogP contribution in [0.4, 0.5) is 14.9 Å². The molecule has 2 aromatic carbocycles. The second-order valence-electron chi connectivity index (χ2n) is 7.43. The smallest absolute Gasteiger partial charge is 0.317 e. The molecule has 2 amide bonds. The molecule has 0 radical (unpaired) electrons. The van der Waals surface area contributed by atoms with Gasteiger partial charge in [0.25, 0.3) is 0 Å². The molecule has 5 heteroatoms. The van der Waals surface area contributed by atoms with Crippen molar-refractivity contribution in [1.29, 1.82) is 0 Å². The standard InChI is InChI=1S/C22H28FN3O/c1-16(2)20-6-4-5-17(3)21(20)25-11-13-26(14-12-25)22(27)24-15-18-7-9-19(23)10-8-18/h4-10,16H,11-15H2,1-3H3,(H,24,27). The summed E-state index contributed by atoms with van der Waals surface area (Å²) in [5.41, 5.74) is 4.86. The van der Waals surface area contributed by atoms with Crippen LogP contribution < -0.4 is 10.2 Å². The van der Waals surface area contributed by atoms with Crippen LogP contribution in [0.2, 0.25) is 0 Å². The summed E-state index contributed by atoms with van der Waals surface area (Å²) in [7, 11) is 0. The van der Waals surface area contributed by atoms with Crippen LogP contribution in [0, 0.1) is 12.7 Å². The largest absolute Gasteiger partial charge is 0.368 e. The van der Waals surface area contributed by atoms with Crippen LogP contribution in [0.1, 0.15) is 36.5 Å². The van der Waals surface area contributed by atoms with E-state index in [0.717, 1.165) is 18.7 Å². The summed E-state index contributed by atoms with van der Waals surface area (Å²) in [5, 5.41) is 2.93. The number of hydrogen-bond donors (Lipinski definition) is 1. The fraction of sp³-hybridized carbons (Fsp3) is 0.409. The summed E-state index contributed by atoms with van der Waals surface area (Å²) < 4.78 is 13.0. The van der Waals surface area contributed by atoms with Crippen LogP contribution >= 0.6 is 0 Å². The van der Waals surface area contributed by atoms with Crippen molar-refractivity contribution in [2.75, 3.05) is 31.1 Å². The Labute approximate surface area is 161 Å². The van der Waals surface area contributed by atoms with Crippen molar-refractivity contribution in [2.45, 2.75) is 33.2 Å². The molecule has 27 heavy (non-hydrogen) atoms. The van der Waals surface area contributed by atoms with E-state index in [4.69, 9.17) is 0 Å². The molecular formula is C22H28FN3O. The summed E-state index contributed by atoms with van der Waals surface area (Å²) in [6.07, 6.45) is 0. The van der Waals surface area contributed by atoms with Crippen molar-refractivity contribution in [3.05, 3.63) is 65.0 Å². The maximum absolute atomic E-state index is 13.0. The predicted molar refractivity (Wildman–Crippen MR) is 108 cm³/mol. The average Bonchev–Trinajstić information content (AvgIpc) is 2.67. The van der Waals surface area contributed by atoms with Crippen molar-refractivity contribution < 1.29 is 9.18 Å². The van der Waals surface area contributed by atoms with Crippen LogP contribution in [0.25, 0.3) is 0 Å². The summed E-state index contributed by atoms with van der Waals surface area (Å²) >= 11 is 0. The Morgan fingerprint density at radius 3 is 2.37 bits per heavy atom. The number of amides is 2. The third-order valence-corrected chi connectivity index (χ3v) is 5.13. The number of rotatable bonds is 4. The maximum Gasteiger partial charge on any atom is 0.317 e. The van der Waals surface area contributed by atoms with Crippen LogP contribution in [0.3, 0.4) is 0 Å². The van der Waals surface area contributed by atoms with Gasteiger partial charge in [-0.05, 0) is 41.7 Å². The van der Waals surface area contributed by atoms with Crippen molar-refractivity contribution >= 4 is 11.7 Å². The van der Waals surface area contributed by atoms with Crippen LogP contribution in [0.5, 0.6) is 0 Å². The highest BCUT2D eigenvalue weighted by Crippen LogP contribution is 2.31. The molecule has 4 nitrogen and oxygen atoms in total. The molecule has 3 rings (SSSR count). The minimum atomic E-state index is -0.266. The highest BCUT2D eigenvalue weighted by Gasteiger charge is 2.24. The third-order valence-electron chi connectivity index (χ3n) is 5.13. The number of para-hydroxylation sites is 1. The Morgan fingerprint density at radius 1 is 1.07 bits per heavy atom. The van der Waals surface area contributed by atoms with E-state index < -0.39 is 0 Å². The Bertz CT molecular complexity index is 781. The Kier molecular flexibility index (Phi) is 5.99. The van der Waals surface area contributed by atoms with E-state index in [1.165, 1.54) is 28.9 Å². The zero-order valence-corrected chi connectivity index (χ0v) is 16.3. The highest BCUT2D eigenvalue weighted by molar-refractivity contribution is 5.74. The second-order valence-corrected chi connectivity index (χ2v) is 7.43. The normalized spacial score (nSPS) is 14.6. The molecule has 1 saturated heterocycles. The van der Waals surface area contributed by atoms with Gasteiger partial charge in [0.05, 0.1) is 0 Å². The van der Waals surface area contributed by atoms with E-state index in [-0.39, 0.29) is 11.8 Å². The van der Waals surface area contributed by atoms with E-state index in [0.29, 0.717) is 25.6 Å². The van der Waals surface area contributed by atoms with E-state index in [1.807, 2.05) is 4.90 Å². The molecule has 1 aliphatic heterocycles. The molecular weight excluding hydrogens is 341 g/mol. The first-order valence-electron chi connectivity index (χ1n) is 9.57. The molecule has 0 bridgehead atoms. The minimum absolute atomic E-state index is 0.0622. The SMILES string of the molecule is Cc1cccc(C(C)C)c1N1CCN(C(=O)NCc2ccc(F)cc2)CC1. The second kappa shape index (κ2) is 8.42. The lowest BCUT2D eigenvalue weighted by Gasteiger charge is -2.38. The van der Waals surface area contributed by atoms with Crippen LogP contribution in [-0.4, -0.2) is 37.1 Å². The molecule has 0 saturated carbocycles. The number of benzene rings is 2. The van der Waals surface area contributed by atoms with Crippen LogP contribution in [0.15, 0.2) is 42.5 Å². The van der Waals surface area contributed by atoms with Gasteiger partial charge < -0.3 is 15.1 Å². The number of piperazine rings is 1. The third kappa shape index (κ3) is 4.59. The lowest BCUT2D eigenvalue weighted by Crippen LogP contribution is -2.52. The number of hydrogen-bond acceptors (Lipinski definition) is 2. The van der Waals surface area contributed by atoms with E-state index in [9.17, 15) is 9.18 Å². The summed E-state index contributed by atoms with van der Waals surface area (Å²) in [4.78, 5) is 16.7. The van der Waals surface area contributed by atoms with Gasteiger partial charge >= 0.3 is 6.03 Å². The van der Waals surface area contributed by atoms with Gasteiger partial charge in [0.15, 0.2) is 0 Å². The van der Waals surface area contributed by atoms with Gasteiger partial charge in [0.2, 0.25) is 0 Å². The molecule has 144 valence electrons. The molecule has 0 aromatic heterocycles. The van der Waals surface area contributed by atoms with E-state index in [2.05, 4.69) is 49.2 Å². The predicted octanol–water partition coefficient (Wildman–Crippen LogP) is 4.29. The van der Waals surface area contributed by atoms with Gasteiger partial charge in [-0.15, -0.1) is 0 Å². The number of anilines is 1. The fourth-order valence-corrected chi connectivity index (χ4v) is 3.60. The zero-order valence-electron chi connectivity index (χ0n) is 16.3. The van der Waals surface area contributed by atoms with Gasteiger partial charge in [0.1, 0.15) is 5.82 Å². The first-order chi connectivity index (χ1) is 13.0. The average molecular weight is 369 g/mol. The van der Waals surface area contributed by atoms with Crippen molar-refractivity contribution in [3.63, 3.8) is 0 Å². The minimum Gasteiger partial charge on any atom is -0.368 e. The fourth-order valence-electron chi connectivity index (χ4n) is 3.60. The Morgan fingerprint density at radius 2 is 1.74 bits per heavy atom. The van der Waals surface area contributed by atoms with Crippen molar-refractivity contribution in [2.24, 2.45) is 0 Å². The van der Waals surface area contributed by atoms with Gasteiger partial charge in [-0.2, -0.15) is 0 Å². The topological polar surface area (TPSA) is 35.6 Å². The summed E-state index contributed by atoms with van der Waals surface area (Å²) in [5.74, 6) is 0.204. The molecule has 0 atom stereocenters. The lowest BCUT2D eigenvalue weighted by molar-refractivity contribution is 0.194. The maximum atomic E-state index is 13.0. The van der Waals surface area contributed by atoms with Gasteiger partial charge in [-0.1, -0.05) is 44.2 Å². The van der Waals surface area contributed by atoms with Crippen molar-refractivity contribution in [3.8, 4) is 0 Å². The van der Waals surface area contributed by atoms with E-state index in [1.54, 1.807) is 12.1 Å². The summed E-state index contributed by atoms with van der Waals surface area (Å²) in [6.45, 7) is 10.1. The number of nitrogens with zero attached hydrogens (tertiary/aromatic N) is 2. The first-order valence-corrected chi connectivity index (χ1v) is 9.57. The Hall–Kier alpha value is -2.56. The van der Waals surface area contributed by atoms with Gasteiger partial charge in [-0.25, -0.2) is 9.18 Å². The highest BCUT2D eigenvalue weighted by atomic mass is 19.1. The van der Waals surface area contributed by atoms with Gasteiger partial charge in [-0.3, -0.25) is 0 Å². The number of halogens is 1. The number of nitrogens with one attached hydrogen (secondary N) is 1. The lowest BCUT2D eigenvalue weighted by atomic mass is 9.97. The first kappa shape index (κ1) is 19.2. The molecule has 1 aliphatic rings. The van der Waals surface area contributed by atoms with Gasteiger partial charge in [0, 0.05) is 38.4 Å². The number of urea groups is 1. The quantitative estimate of drug-likeness (QED) is 0.873. The number of carbonyl (C=O) groups excluding carboxylic acids is 1.